The van der Waals surface area contributed by atoms with E-state index in [1.54, 1.807) is 0 Å². The van der Waals surface area contributed by atoms with Gasteiger partial charge in [0.15, 0.2) is 0 Å². The second-order valence-electron chi connectivity index (χ2n) is 2.49. The fraction of sp³-hybridized carbons (Fsp3) is 0.333. The van der Waals surface area contributed by atoms with E-state index in [0.29, 0.717) is 6.54 Å². The number of hydrogen-bond donors (Lipinski definition) is 1. The van der Waals surface area contributed by atoms with Crippen LogP contribution in [0.15, 0.2) is 24.3 Å². The van der Waals surface area contributed by atoms with E-state index in [2.05, 4.69) is 5.32 Å². The van der Waals surface area contributed by atoms with Crippen LogP contribution >= 0.6 is 11.6 Å². The molecule has 0 heterocycles. The zero-order chi connectivity index (χ0) is 8.81. The second kappa shape index (κ2) is 5.14. The van der Waals surface area contributed by atoms with Crippen LogP contribution in [0.25, 0.3) is 0 Å². The first-order valence-corrected chi connectivity index (χ1v) is 4.24. The lowest BCUT2D eigenvalue weighted by Gasteiger charge is -2.02. The van der Waals surface area contributed by atoms with E-state index in [0.717, 1.165) is 17.0 Å². The third kappa shape index (κ3) is 2.81. The molecule has 0 spiro atoms. The van der Waals surface area contributed by atoms with Gasteiger partial charge in [-0.1, -0.05) is 29.8 Å². The molecule has 1 rings (SSSR count). The molecule has 0 saturated carbocycles. The lowest BCUT2D eigenvalue weighted by Crippen LogP contribution is -2.17. The predicted molar refractivity (Wildman–Crippen MR) is 48.7 cm³/mol. The van der Waals surface area contributed by atoms with E-state index in [4.69, 9.17) is 11.6 Å². The summed E-state index contributed by atoms with van der Waals surface area (Å²) in [6.45, 7) is 0.456. The van der Waals surface area contributed by atoms with Gasteiger partial charge in [-0.3, -0.25) is 5.32 Å². The van der Waals surface area contributed by atoms with Gasteiger partial charge in [0.2, 0.25) is 0 Å². The Kier molecular flexibility index (Phi) is 4.08. The Morgan fingerprint density at radius 3 is 2.75 bits per heavy atom. The van der Waals surface area contributed by atoms with Crippen molar-refractivity contribution in [2.45, 2.75) is 6.42 Å². The molecule has 0 atom stereocenters. The van der Waals surface area contributed by atoms with Gasteiger partial charge in [-0.15, -0.1) is 0 Å². The second-order valence-corrected chi connectivity index (χ2v) is 2.89. The summed E-state index contributed by atoms with van der Waals surface area (Å²) in [5, 5.41) is 13.5. The average Bonchev–Trinajstić information content (AvgIpc) is 2.09. The molecule has 0 fully saturated rings. The highest BCUT2D eigenvalue weighted by Gasteiger charge is 1.96. The van der Waals surface area contributed by atoms with Crippen LogP contribution in [0.5, 0.6) is 0 Å². The van der Waals surface area contributed by atoms with Crippen LogP contribution < -0.4 is 5.32 Å². The minimum absolute atomic E-state index is 0.232. The lowest BCUT2D eigenvalue weighted by molar-refractivity contribution is 0.168. The van der Waals surface area contributed by atoms with Crippen molar-refractivity contribution in [1.82, 2.24) is 5.32 Å². The van der Waals surface area contributed by atoms with Crippen LogP contribution in [0.1, 0.15) is 5.56 Å². The molecule has 65 valence electrons. The van der Waals surface area contributed by atoms with Crippen LogP contribution in [0, 0.1) is 0 Å². The molecule has 0 aliphatic rings. The molecule has 3 heteroatoms. The van der Waals surface area contributed by atoms with Crippen molar-refractivity contribution >= 4 is 11.6 Å². The maximum Gasteiger partial charge on any atom is 0.133 e. The molecule has 0 bridgehead atoms. The highest BCUT2D eigenvalue weighted by atomic mass is 35.5. The topological polar surface area (TPSA) is 31.9 Å². The lowest BCUT2D eigenvalue weighted by atomic mass is 10.1. The summed E-state index contributed by atoms with van der Waals surface area (Å²) in [5.41, 5.74) is 1.08. The van der Waals surface area contributed by atoms with Gasteiger partial charge in [-0.25, -0.2) is 5.11 Å². The minimum atomic E-state index is -0.232. The molecule has 0 unspecified atom stereocenters. The number of rotatable bonds is 4. The Morgan fingerprint density at radius 2 is 2.08 bits per heavy atom. The van der Waals surface area contributed by atoms with Gasteiger partial charge in [-0.2, -0.15) is 0 Å². The van der Waals surface area contributed by atoms with E-state index in [-0.39, 0.29) is 6.73 Å². The smallest absolute Gasteiger partial charge is 0.133 e. The van der Waals surface area contributed by atoms with Crippen LogP contribution in [-0.4, -0.2) is 13.3 Å². The summed E-state index contributed by atoms with van der Waals surface area (Å²) >= 11 is 5.90. The van der Waals surface area contributed by atoms with Crippen LogP contribution in [0.2, 0.25) is 5.02 Å². The third-order valence-electron chi connectivity index (χ3n) is 1.63. The van der Waals surface area contributed by atoms with Crippen LogP contribution in [0.4, 0.5) is 0 Å². The van der Waals surface area contributed by atoms with Gasteiger partial charge in [0, 0.05) is 11.6 Å². The maximum absolute atomic E-state index is 10.1. The molecule has 0 amide bonds. The first-order chi connectivity index (χ1) is 5.84. The molecular formula is C9H11ClNO. The summed E-state index contributed by atoms with van der Waals surface area (Å²) in [5.74, 6) is 0. The molecule has 2 nitrogen and oxygen atoms in total. The number of benzene rings is 1. The summed E-state index contributed by atoms with van der Waals surface area (Å²) in [6.07, 6.45) is 0.807. The quantitative estimate of drug-likeness (QED) is 0.562. The number of hydrogen-bond acceptors (Lipinski definition) is 1. The fourth-order valence-corrected chi connectivity index (χ4v) is 1.23. The van der Waals surface area contributed by atoms with Crippen LogP contribution in [0.3, 0.4) is 0 Å². The summed E-state index contributed by atoms with van der Waals surface area (Å²) in [6, 6.07) is 7.66. The zero-order valence-electron chi connectivity index (χ0n) is 6.72. The summed E-state index contributed by atoms with van der Waals surface area (Å²) < 4.78 is 0. The predicted octanol–water partition coefficient (Wildman–Crippen LogP) is 1.86. The van der Waals surface area contributed by atoms with Crippen molar-refractivity contribution in [3.05, 3.63) is 34.9 Å². The van der Waals surface area contributed by atoms with Gasteiger partial charge in [0.25, 0.3) is 0 Å². The molecule has 1 aromatic rings. The Balaban J connectivity index is 2.46. The zero-order valence-corrected chi connectivity index (χ0v) is 7.47. The van der Waals surface area contributed by atoms with E-state index in [1.165, 1.54) is 0 Å². The summed E-state index contributed by atoms with van der Waals surface area (Å²) in [4.78, 5) is 0. The van der Waals surface area contributed by atoms with Crippen molar-refractivity contribution in [2.75, 3.05) is 13.3 Å². The molecule has 1 N–H and O–H groups in total. The van der Waals surface area contributed by atoms with Gasteiger partial charge >= 0.3 is 0 Å². The van der Waals surface area contributed by atoms with Crippen molar-refractivity contribution in [3.63, 3.8) is 0 Å². The minimum Gasteiger partial charge on any atom is -0.292 e. The fourth-order valence-electron chi connectivity index (χ4n) is 0.996. The van der Waals surface area contributed by atoms with E-state index >= 15 is 0 Å². The third-order valence-corrected chi connectivity index (χ3v) is 2.00. The van der Waals surface area contributed by atoms with Crippen molar-refractivity contribution in [3.8, 4) is 0 Å². The molecule has 12 heavy (non-hydrogen) atoms. The largest absolute Gasteiger partial charge is 0.292 e. The van der Waals surface area contributed by atoms with Gasteiger partial charge in [-0.05, 0) is 18.1 Å². The normalized spacial score (nSPS) is 10.2. The molecule has 0 aromatic heterocycles. The monoisotopic (exact) mass is 184 g/mol. The van der Waals surface area contributed by atoms with Crippen molar-refractivity contribution in [2.24, 2.45) is 0 Å². The molecular weight excluding hydrogens is 174 g/mol. The molecule has 0 saturated heterocycles. The number of halogens is 1. The highest BCUT2D eigenvalue weighted by molar-refractivity contribution is 6.31. The highest BCUT2D eigenvalue weighted by Crippen LogP contribution is 2.14. The SMILES string of the molecule is [O]CNCCc1ccccc1Cl. The Hall–Kier alpha value is -0.570. The summed E-state index contributed by atoms with van der Waals surface area (Å²) in [7, 11) is 0. The van der Waals surface area contributed by atoms with Gasteiger partial charge < -0.3 is 0 Å². The molecule has 1 aromatic carbocycles. The molecule has 0 aliphatic heterocycles. The van der Waals surface area contributed by atoms with E-state index < -0.39 is 0 Å². The first-order valence-electron chi connectivity index (χ1n) is 3.87. The van der Waals surface area contributed by atoms with Crippen LogP contribution in [-0.2, 0) is 11.5 Å². The Bertz CT molecular complexity index is 240. The maximum atomic E-state index is 10.1. The van der Waals surface area contributed by atoms with Gasteiger partial charge in [0.05, 0.1) is 0 Å². The first kappa shape index (κ1) is 9.52. The van der Waals surface area contributed by atoms with E-state index in [9.17, 15) is 5.11 Å². The average molecular weight is 185 g/mol. The van der Waals surface area contributed by atoms with Gasteiger partial charge in [0.1, 0.15) is 6.73 Å². The van der Waals surface area contributed by atoms with Crippen molar-refractivity contribution < 1.29 is 5.11 Å². The molecule has 0 aliphatic carbocycles. The molecule has 1 radical (unpaired) electrons. The standard InChI is InChI=1S/C9H11ClNO/c10-9-4-2-1-3-8(9)5-6-11-7-12/h1-4,11H,5-7H2. The van der Waals surface area contributed by atoms with Crippen molar-refractivity contribution in [1.29, 1.82) is 0 Å². The van der Waals surface area contributed by atoms with E-state index in [1.807, 2.05) is 24.3 Å². The Morgan fingerprint density at radius 1 is 1.33 bits per heavy atom. The number of nitrogens with one attached hydrogen (secondary N) is 1. The Labute approximate surface area is 77.2 Å².